The zero-order valence-corrected chi connectivity index (χ0v) is 19.4. The van der Waals surface area contributed by atoms with Gasteiger partial charge in [-0.1, -0.05) is 61.0 Å². The molecule has 1 N–H and O–H groups in total. The monoisotopic (exact) mass is 460 g/mol. The first-order valence-corrected chi connectivity index (χ1v) is 11.6. The summed E-state index contributed by atoms with van der Waals surface area (Å²) in [6, 6.07) is 18.9. The van der Waals surface area contributed by atoms with Crippen LogP contribution in [0, 0.1) is 5.92 Å². The van der Waals surface area contributed by atoms with Crippen molar-refractivity contribution >= 4 is 17.6 Å². The molecule has 1 saturated heterocycles. The fourth-order valence-electron chi connectivity index (χ4n) is 3.82. The summed E-state index contributed by atoms with van der Waals surface area (Å²) in [6.45, 7) is 7.05. The molecule has 1 fully saturated rings. The number of ether oxygens (including phenoxy) is 2. The number of aliphatic hydroxyl groups excluding tert-OH is 1. The molecule has 3 rings (SSSR count). The van der Waals surface area contributed by atoms with Crippen LogP contribution in [-0.2, 0) is 14.3 Å². The Balaban J connectivity index is 1.46. The summed E-state index contributed by atoms with van der Waals surface area (Å²) in [5.41, 5.74) is 2.52. The van der Waals surface area contributed by atoms with Crippen molar-refractivity contribution in [3.05, 3.63) is 70.7 Å². The highest BCUT2D eigenvalue weighted by Crippen LogP contribution is 2.30. The topological polar surface area (TPSA) is 62.2 Å². The van der Waals surface area contributed by atoms with Gasteiger partial charge in [-0.15, -0.1) is 0 Å². The molecular weight excluding hydrogens is 428 g/mol. The number of carbonyl (C=O) groups is 1. The van der Waals surface area contributed by atoms with E-state index < -0.39 is 0 Å². The Morgan fingerprint density at radius 3 is 2.34 bits per heavy atom. The first kappa shape index (κ1) is 24.7. The van der Waals surface area contributed by atoms with E-state index in [2.05, 4.69) is 46.2 Å². The van der Waals surface area contributed by atoms with Crippen LogP contribution in [-0.4, -0.2) is 80.0 Å². The molecule has 0 spiro atoms. The van der Waals surface area contributed by atoms with E-state index in [0.717, 1.165) is 37.7 Å². The highest BCUT2D eigenvalue weighted by Gasteiger charge is 2.26. The average molecular weight is 461 g/mol. The molecule has 0 saturated carbocycles. The fraction of sp³-hybridized carbons (Fsp3) is 0.480. The van der Waals surface area contributed by atoms with E-state index in [1.54, 1.807) is 0 Å². The number of carbonyl (C=O) groups excluding carboxylic acids is 1. The minimum atomic E-state index is -0.385. The molecule has 0 radical (unpaired) electrons. The lowest BCUT2D eigenvalue weighted by molar-refractivity contribution is -0.150. The van der Waals surface area contributed by atoms with Gasteiger partial charge >= 0.3 is 5.97 Å². The van der Waals surface area contributed by atoms with E-state index in [0.29, 0.717) is 6.61 Å². The lowest BCUT2D eigenvalue weighted by Crippen LogP contribution is -2.48. The number of piperazine rings is 1. The number of nitrogens with zero attached hydrogens (tertiary/aromatic N) is 2. The van der Waals surface area contributed by atoms with Gasteiger partial charge in [0.25, 0.3) is 0 Å². The van der Waals surface area contributed by atoms with Crippen LogP contribution in [0.5, 0.6) is 0 Å². The second-order valence-corrected chi connectivity index (χ2v) is 8.70. The maximum atomic E-state index is 11.7. The lowest BCUT2D eigenvalue weighted by atomic mass is 9.96. The van der Waals surface area contributed by atoms with E-state index in [1.165, 1.54) is 11.1 Å². The van der Waals surface area contributed by atoms with Crippen LogP contribution in [0.2, 0.25) is 5.02 Å². The third kappa shape index (κ3) is 7.57. The van der Waals surface area contributed by atoms with Crippen LogP contribution in [0.1, 0.15) is 24.1 Å². The highest BCUT2D eigenvalue weighted by molar-refractivity contribution is 6.30. The molecule has 1 heterocycles. The van der Waals surface area contributed by atoms with Gasteiger partial charge in [-0.25, -0.2) is 4.79 Å². The molecule has 0 aliphatic carbocycles. The van der Waals surface area contributed by atoms with Gasteiger partial charge in [-0.2, -0.15) is 0 Å². The van der Waals surface area contributed by atoms with Crippen LogP contribution in [0.4, 0.5) is 0 Å². The van der Waals surface area contributed by atoms with Crippen molar-refractivity contribution in [1.82, 2.24) is 9.80 Å². The summed E-state index contributed by atoms with van der Waals surface area (Å²) >= 11 is 6.11. The summed E-state index contributed by atoms with van der Waals surface area (Å²) in [6.07, 6.45) is 0. The average Bonchev–Trinajstić information content (AvgIpc) is 2.83. The van der Waals surface area contributed by atoms with Crippen LogP contribution in [0.3, 0.4) is 0 Å². The standard InChI is InChI=1S/C25H33ClN2O4/c1-20(17-29)18-32-24(30)19-31-16-15-27-11-13-28(14-12-27)25(21-5-3-2-4-6-21)22-7-9-23(26)10-8-22/h2-10,20,25,29H,11-19H2,1H3/t20?,25-/m1/s1. The number of esters is 1. The van der Waals surface area contributed by atoms with Crippen molar-refractivity contribution in [2.75, 3.05) is 59.2 Å². The first-order valence-electron chi connectivity index (χ1n) is 11.2. The molecule has 1 unspecified atom stereocenters. The third-order valence-electron chi connectivity index (χ3n) is 5.69. The Morgan fingerprint density at radius 1 is 1.03 bits per heavy atom. The van der Waals surface area contributed by atoms with Crippen molar-refractivity contribution in [3.63, 3.8) is 0 Å². The largest absolute Gasteiger partial charge is 0.464 e. The van der Waals surface area contributed by atoms with Gasteiger partial charge < -0.3 is 14.6 Å². The van der Waals surface area contributed by atoms with E-state index in [9.17, 15) is 4.79 Å². The predicted molar refractivity (Wildman–Crippen MR) is 126 cm³/mol. The van der Waals surface area contributed by atoms with Crippen LogP contribution >= 0.6 is 11.6 Å². The highest BCUT2D eigenvalue weighted by atomic mass is 35.5. The zero-order chi connectivity index (χ0) is 22.8. The third-order valence-corrected chi connectivity index (χ3v) is 5.94. The van der Waals surface area contributed by atoms with Gasteiger partial charge in [0.2, 0.25) is 0 Å². The summed E-state index contributed by atoms with van der Waals surface area (Å²) < 4.78 is 10.5. The molecule has 1 aliphatic rings. The molecule has 1 aliphatic heterocycles. The van der Waals surface area contributed by atoms with E-state index in [-0.39, 0.29) is 37.7 Å². The zero-order valence-electron chi connectivity index (χ0n) is 18.7. The van der Waals surface area contributed by atoms with Crippen LogP contribution < -0.4 is 0 Å². The van der Waals surface area contributed by atoms with Gasteiger partial charge in [0.1, 0.15) is 6.61 Å². The fourth-order valence-corrected chi connectivity index (χ4v) is 3.94. The quantitative estimate of drug-likeness (QED) is 0.410. The Labute approximate surface area is 195 Å². The van der Waals surface area contributed by atoms with E-state index in [1.807, 2.05) is 25.1 Å². The van der Waals surface area contributed by atoms with Gasteiger partial charge in [0.15, 0.2) is 0 Å². The van der Waals surface area contributed by atoms with Crippen LogP contribution in [0.25, 0.3) is 0 Å². The number of hydrogen-bond acceptors (Lipinski definition) is 6. The van der Waals surface area contributed by atoms with Gasteiger partial charge in [-0.3, -0.25) is 9.80 Å². The van der Waals surface area contributed by atoms with Crippen molar-refractivity contribution in [2.45, 2.75) is 13.0 Å². The molecule has 0 amide bonds. The van der Waals surface area contributed by atoms with Crippen molar-refractivity contribution in [3.8, 4) is 0 Å². The molecule has 0 aromatic heterocycles. The van der Waals surface area contributed by atoms with Crippen molar-refractivity contribution in [1.29, 1.82) is 0 Å². The molecule has 2 aromatic carbocycles. The maximum absolute atomic E-state index is 11.7. The predicted octanol–water partition coefficient (Wildman–Crippen LogP) is 3.24. The SMILES string of the molecule is CC(CO)COC(=O)COCCN1CCN([C@H](c2ccccc2)c2ccc(Cl)cc2)CC1. The summed E-state index contributed by atoms with van der Waals surface area (Å²) in [5, 5.41) is 9.71. The summed E-state index contributed by atoms with van der Waals surface area (Å²) in [4.78, 5) is 16.5. The Hall–Kier alpha value is -1.96. The Bertz CT molecular complexity index is 810. The molecule has 7 heteroatoms. The smallest absolute Gasteiger partial charge is 0.332 e. The van der Waals surface area contributed by atoms with Crippen LogP contribution in [0.15, 0.2) is 54.6 Å². The summed E-state index contributed by atoms with van der Waals surface area (Å²) in [5.74, 6) is -0.438. The van der Waals surface area contributed by atoms with Gasteiger partial charge in [0, 0.05) is 50.3 Å². The lowest BCUT2D eigenvalue weighted by Gasteiger charge is -2.39. The van der Waals surface area contributed by atoms with Gasteiger partial charge in [-0.05, 0) is 23.3 Å². The molecule has 6 nitrogen and oxygen atoms in total. The van der Waals surface area contributed by atoms with E-state index in [4.69, 9.17) is 26.2 Å². The number of halogens is 1. The number of aliphatic hydroxyl groups is 1. The van der Waals surface area contributed by atoms with E-state index >= 15 is 0 Å². The second kappa shape index (κ2) is 12.9. The molecule has 2 aromatic rings. The maximum Gasteiger partial charge on any atom is 0.332 e. The minimum absolute atomic E-state index is 0.00324. The number of hydrogen-bond donors (Lipinski definition) is 1. The Morgan fingerprint density at radius 2 is 1.69 bits per heavy atom. The normalized spacial score (nSPS) is 17.1. The molecule has 32 heavy (non-hydrogen) atoms. The van der Waals surface area contributed by atoms with Crippen molar-refractivity contribution in [2.24, 2.45) is 5.92 Å². The minimum Gasteiger partial charge on any atom is -0.464 e. The van der Waals surface area contributed by atoms with Gasteiger partial charge in [0.05, 0.1) is 19.3 Å². The number of benzene rings is 2. The molecule has 174 valence electrons. The van der Waals surface area contributed by atoms with Crippen molar-refractivity contribution < 1.29 is 19.4 Å². The first-order chi connectivity index (χ1) is 15.6. The molecular formula is C25H33ClN2O4. The summed E-state index contributed by atoms with van der Waals surface area (Å²) in [7, 11) is 0. The molecule has 2 atom stereocenters. The Kier molecular flexibility index (Phi) is 9.96. The second-order valence-electron chi connectivity index (χ2n) is 8.27. The number of rotatable bonds is 11. The molecule has 0 bridgehead atoms.